The molecule has 0 radical (unpaired) electrons. The van der Waals surface area contributed by atoms with Crippen molar-refractivity contribution in [2.75, 3.05) is 43.4 Å². The number of carbonyl (C=O) groups excluding carboxylic acids is 2. The van der Waals surface area contributed by atoms with Gasteiger partial charge in [0, 0.05) is 38.4 Å². The van der Waals surface area contributed by atoms with Crippen molar-refractivity contribution in [2.45, 2.75) is 13.0 Å². The van der Waals surface area contributed by atoms with Gasteiger partial charge in [-0.2, -0.15) is 5.10 Å². The van der Waals surface area contributed by atoms with E-state index in [4.69, 9.17) is 0 Å². The molecule has 1 aliphatic rings. The summed E-state index contributed by atoms with van der Waals surface area (Å²) in [5.41, 5.74) is 1.70. The summed E-state index contributed by atoms with van der Waals surface area (Å²) in [6, 6.07) is 14.6. The van der Waals surface area contributed by atoms with Crippen LogP contribution in [0.1, 0.15) is 39.4 Å². The SMILES string of the molecule is C[C@@H](NC(=O)c1cc(NC(=O)c2ccc(N3CCN(C)CC3)nc2)n[nH]1)c1ccccc1. The van der Waals surface area contributed by atoms with E-state index in [1.165, 1.54) is 6.07 Å². The molecule has 3 heterocycles. The van der Waals surface area contributed by atoms with E-state index in [1.54, 1.807) is 12.3 Å². The smallest absolute Gasteiger partial charge is 0.269 e. The zero-order valence-corrected chi connectivity index (χ0v) is 18.2. The summed E-state index contributed by atoms with van der Waals surface area (Å²) in [4.78, 5) is 34.0. The van der Waals surface area contributed by atoms with E-state index < -0.39 is 0 Å². The third-order valence-corrected chi connectivity index (χ3v) is 5.55. The number of aromatic amines is 1. The minimum Gasteiger partial charge on any atom is -0.354 e. The highest BCUT2D eigenvalue weighted by Crippen LogP contribution is 2.16. The monoisotopic (exact) mass is 433 g/mol. The fraction of sp³-hybridized carbons (Fsp3) is 0.304. The van der Waals surface area contributed by atoms with Crippen molar-refractivity contribution in [3.63, 3.8) is 0 Å². The Morgan fingerprint density at radius 3 is 2.47 bits per heavy atom. The number of piperazine rings is 1. The molecule has 1 saturated heterocycles. The van der Waals surface area contributed by atoms with Crippen molar-refractivity contribution in [2.24, 2.45) is 0 Å². The number of anilines is 2. The number of hydrogen-bond donors (Lipinski definition) is 3. The predicted octanol–water partition coefficient (Wildman–Crippen LogP) is 2.30. The van der Waals surface area contributed by atoms with Crippen LogP contribution in [-0.2, 0) is 0 Å². The van der Waals surface area contributed by atoms with Crippen LogP contribution in [0.25, 0.3) is 0 Å². The molecule has 1 aromatic carbocycles. The lowest BCUT2D eigenvalue weighted by Gasteiger charge is -2.33. The molecule has 9 heteroatoms. The van der Waals surface area contributed by atoms with Crippen molar-refractivity contribution in [3.05, 3.63) is 71.5 Å². The first-order valence-corrected chi connectivity index (χ1v) is 10.6. The molecule has 1 fully saturated rings. The van der Waals surface area contributed by atoms with Gasteiger partial charge < -0.3 is 20.4 Å². The third kappa shape index (κ3) is 5.12. The van der Waals surface area contributed by atoms with Gasteiger partial charge in [0.05, 0.1) is 11.6 Å². The number of aromatic nitrogens is 3. The fourth-order valence-electron chi connectivity index (χ4n) is 3.53. The molecule has 2 amide bonds. The van der Waals surface area contributed by atoms with Gasteiger partial charge in [0.15, 0.2) is 5.82 Å². The number of nitrogens with one attached hydrogen (secondary N) is 3. The molecular formula is C23H27N7O2. The van der Waals surface area contributed by atoms with Crippen molar-refractivity contribution in [3.8, 4) is 0 Å². The third-order valence-electron chi connectivity index (χ3n) is 5.55. The molecule has 0 saturated carbocycles. The highest BCUT2D eigenvalue weighted by Gasteiger charge is 2.17. The Balaban J connectivity index is 1.33. The summed E-state index contributed by atoms with van der Waals surface area (Å²) in [6.45, 7) is 5.71. The second-order valence-corrected chi connectivity index (χ2v) is 7.92. The summed E-state index contributed by atoms with van der Waals surface area (Å²) in [7, 11) is 2.10. The first-order chi connectivity index (χ1) is 15.5. The fourth-order valence-corrected chi connectivity index (χ4v) is 3.53. The van der Waals surface area contributed by atoms with Crippen LogP contribution in [-0.4, -0.2) is 65.1 Å². The average Bonchev–Trinajstić information content (AvgIpc) is 3.29. The molecule has 0 unspecified atom stereocenters. The van der Waals surface area contributed by atoms with Gasteiger partial charge >= 0.3 is 0 Å². The summed E-state index contributed by atoms with van der Waals surface area (Å²) >= 11 is 0. The minimum atomic E-state index is -0.335. The van der Waals surface area contributed by atoms with Gasteiger partial charge in [-0.05, 0) is 31.7 Å². The normalized spacial score (nSPS) is 15.2. The molecule has 166 valence electrons. The van der Waals surface area contributed by atoms with Crippen LogP contribution in [0, 0.1) is 0 Å². The lowest BCUT2D eigenvalue weighted by Crippen LogP contribution is -2.44. The van der Waals surface area contributed by atoms with Crippen LogP contribution in [0.2, 0.25) is 0 Å². The average molecular weight is 434 g/mol. The zero-order valence-electron chi connectivity index (χ0n) is 18.2. The number of nitrogens with zero attached hydrogens (tertiary/aromatic N) is 4. The van der Waals surface area contributed by atoms with Crippen molar-refractivity contribution < 1.29 is 9.59 Å². The standard InChI is InChI=1S/C23H27N7O2/c1-16(17-6-4-3-5-7-17)25-23(32)19-14-20(28-27-19)26-22(31)18-8-9-21(24-15-18)30-12-10-29(2)11-13-30/h3-9,14-16H,10-13H2,1-2H3,(H,25,32)(H2,26,27,28,31)/t16-/m1/s1. The number of amides is 2. The lowest BCUT2D eigenvalue weighted by atomic mass is 10.1. The van der Waals surface area contributed by atoms with Crippen LogP contribution in [0.15, 0.2) is 54.7 Å². The van der Waals surface area contributed by atoms with Gasteiger partial charge in [-0.15, -0.1) is 0 Å². The Morgan fingerprint density at radius 2 is 1.78 bits per heavy atom. The van der Waals surface area contributed by atoms with E-state index in [0.29, 0.717) is 5.56 Å². The maximum Gasteiger partial charge on any atom is 0.269 e. The number of benzene rings is 1. The van der Waals surface area contributed by atoms with Gasteiger partial charge in [-0.1, -0.05) is 30.3 Å². The van der Waals surface area contributed by atoms with E-state index in [9.17, 15) is 9.59 Å². The largest absolute Gasteiger partial charge is 0.354 e. The first-order valence-electron chi connectivity index (χ1n) is 10.6. The molecule has 0 aliphatic carbocycles. The molecule has 1 atom stereocenters. The van der Waals surface area contributed by atoms with Crippen molar-refractivity contribution in [1.29, 1.82) is 0 Å². The molecule has 0 bridgehead atoms. The predicted molar refractivity (Wildman–Crippen MR) is 123 cm³/mol. The zero-order chi connectivity index (χ0) is 22.5. The molecule has 2 aromatic heterocycles. The molecule has 32 heavy (non-hydrogen) atoms. The van der Waals surface area contributed by atoms with E-state index in [-0.39, 0.29) is 29.4 Å². The van der Waals surface area contributed by atoms with Crippen LogP contribution in [0.5, 0.6) is 0 Å². The van der Waals surface area contributed by atoms with E-state index in [0.717, 1.165) is 37.6 Å². The Kier molecular flexibility index (Phi) is 6.46. The van der Waals surface area contributed by atoms with E-state index in [2.05, 4.69) is 42.7 Å². The Morgan fingerprint density at radius 1 is 1.03 bits per heavy atom. The summed E-state index contributed by atoms with van der Waals surface area (Å²) < 4.78 is 0. The van der Waals surface area contributed by atoms with Gasteiger partial charge in [0.1, 0.15) is 11.5 Å². The van der Waals surface area contributed by atoms with Crippen LogP contribution in [0.4, 0.5) is 11.6 Å². The highest BCUT2D eigenvalue weighted by molar-refractivity contribution is 6.04. The highest BCUT2D eigenvalue weighted by atomic mass is 16.2. The maximum absolute atomic E-state index is 12.6. The van der Waals surface area contributed by atoms with E-state index in [1.807, 2.05) is 43.3 Å². The molecule has 3 N–H and O–H groups in total. The van der Waals surface area contributed by atoms with Gasteiger partial charge in [0.25, 0.3) is 11.8 Å². The number of rotatable bonds is 6. The summed E-state index contributed by atoms with van der Waals surface area (Å²) in [6.07, 6.45) is 1.56. The molecule has 3 aromatic rings. The Labute approximate surface area is 186 Å². The Bertz CT molecular complexity index is 1060. The topological polar surface area (TPSA) is 106 Å². The quantitative estimate of drug-likeness (QED) is 0.551. The number of H-pyrrole nitrogens is 1. The molecule has 1 aliphatic heterocycles. The minimum absolute atomic E-state index is 0.157. The summed E-state index contributed by atoms with van der Waals surface area (Å²) in [5.74, 6) is 0.502. The molecule has 4 rings (SSSR count). The maximum atomic E-state index is 12.6. The van der Waals surface area contributed by atoms with Crippen molar-refractivity contribution >= 4 is 23.5 Å². The number of carbonyl (C=O) groups is 2. The Hall–Kier alpha value is -3.72. The first kappa shape index (κ1) is 21.5. The second-order valence-electron chi connectivity index (χ2n) is 7.92. The van der Waals surface area contributed by atoms with Crippen LogP contribution >= 0.6 is 0 Å². The number of pyridine rings is 1. The number of hydrogen-bond acceptors (Lipinski definition) is 6. The summed E-state index contributed by atoms with van der Waals surface area (Å²) in [5, 5.41) is 12.3. The van der Waals surface area contributed by atoms with Gasteiger partial charge in [0.2, 0.25) is 0 Å². The van der Waals surface area contributed by atoms with Gasteiger partial charge in [-0.3, -0.25) is 14.7 Å². The number of likely N-dealkylation sites (N-methyl/N-ethyl adjacent to an activating group) is 1. The van der Waals surface area contributed by atoms with Crippen LogP contribution in [0.3, 0.4) is 0 Å². The van der Waals surface area contributed by atoms with Crippen LogP contribution < -0.4 is 15.5 Å². The molecule has 0 spiro atoms. The molecule has 9 nitrogen and oxygen atoms in total. The molecular weight excluding hydrogens is 406 g/mol. The second kappa shape index (κ2) is 9.61. The lowest BCUT2D eigenvalue weighted by molar-refractivity contribution is 0.0934. The van der Waals surface area contributed by atoms with E-state index >= 15 is 0 Å². The van der Waals surface area contributed by atoms with Gasteiger partial charge in [-0.25, -0.2) is 4.98 Å². The van der Waals surface area contributed by atoms with Crippen molar-refractivity contribution in [1.82, 2.24) is 25.4 Å².